The Labute approximate surface area is 63.2 Å². The van der Waals surface area contributed by atoms with Crippen LogP contribution < -0.4 is 5.32 Å². The summed E-state index contributed by atoms with van der Waals surface area (Å²) in [5.41, 5.74) is 0. The fourth-order valence-electron chi connectivity index (χ4n) is 0.606. The van der Waals surface area contributed by atoms with Gasteiger partial charge in [-0.3, -0.25) is 4.79 Å². The monoisotopic (exact) mass is 147 g/mol. The summed E-state index contributed by atoms with van der Waals surface area (Å²) in [5, 5.41) is 2.72. The Morgan fingerprint density at radius 2 is 2.10 bits per heavy atom. The third kappa shape index (κ3) is 3.45. The first-order chi connectivity index (χ1) is 4.79. The van der Waals surface area contributed by atoms with Crippen molar-refractivity contribution in [3.8, 4) is 0 Å². The minimum absolute atomic E-state index is 0. The van der Waals surface area contributed by atoms with Crippen molar-refractivity contribution in [1.29, 1.82) is 0 Å². The van der Waals surface area contributed by atoms with Crippen LogP contribution in [0.3, 0.4) is 0 Å². The van der Waals surface area contributed by atoms with Gasteiger partial charge in [0.25, 0.3) is 0 Å². The number of nitrogens with one attached hydrogen (secondary N) is 1. The van der Waals surface area contributed by atoms with Gasteiger partial charge < -0.3 is 10.1 Å². The Morgan fingerprint density at radius 1 is 1.60 bits per heavy atom. The van der Waals surface area contributed by atoms with Crippen molar-refractivity contribution >= 4 is 5.91 Å². The fraction of sp³-hybridized carbons (Fsp3) is 0.857. The van der Waals surface area contributed by atoms with Gasteiger partial charge in [-0.15, -0.1) is 0 Å². The van der Waals surface area contributed by atoms with Gasteiger partial charge in [-0.1, -0.05) is 13.8 Å². The van der Waals surface area contributed by atoms with Gasteiger partial charge in [-0.2, -0.15) is 0 Å². The van der Waals surface area contributed by atoms with Gasteiger partial charge in [0.05, 0.1) is 19.3 Å². The fourth-order valence-corrected chi connectivity index (χ4v) is 0.606. The molecule has 0 saturated carbocycles. The topological polar surface area (TPSA) is 38.3 Å². The Kier molecular flexibility index (Phi) is 4.94. The van der Waals surface area contributed by atoms with Crippen LogP contribution in [-0.2, 0) is 9.53 Å². The molecule has 0 aromatic rings. The summed E-state index contributed by atoms with van der Waals surface area (Å²) >= 11 is 0. The largest absolute Gasteiger partial charge is 0.377 e. The van der Waals surface area contributed by atoms with Gasteiger partial charge in [0.2, 0.25) is 5.91 Å². The summed E-state index contributed by atoms with van der Waals surface area (Å²) < 4.78 is 4.82. The molecular formula is C7H17NO2. The molecule has 0 aliphatic carbocycles. The summed E-state index contributed by atoms with van der Waals surface area (Å²) in [6.07, 6.45) is 0. The molecule has 1 rings (SSSR count). The zero-order valence-electron chi connectivity index (χ0n) is 6.81. The maximum Gasteiger partial charge on any atom is 0.217 e. The Morgan fingerprint density at radius 3 is 2.20 bits per heavy atom. The number of carbonyl (C=O) groups excluding carboxylic acids is 1. The molecule has 1 saturated heterocycles. The average molecular weight is 147 g/mol. The number of amides is 1. The molecule has 0 radical (unpaired) electrons. The summed E-state index contributed by atoms with van der Waals surface area (Å²) in [4.78, 5) is 10.3. The van der Waals surface area contributed by atoms with E-state index in [2.05, 4.69) is 5.32 Å². The van der Waals surface area contributed by atoms with Crippen molar-refractivity contribution in [1.82, 2.24) is 5.32 Å². The molecular weight excluding hydrogens is 130 g/mol. The van der Waals surface area contributed by atoms with E-state index in [1.54, 1.807) is 0 Å². The van der Waals surface area contributed by atoms with Gasteiger partial charge in [0, 0.05) is 8.35 Å². The van der Waals surface area contributed by atoms with Crippen LogP contribution in [0.5, 0.6) is 0 Å². The van der Waals surface area contributed by atoms with E-state index < -0.39 is 0 Å². The molecule has 0 unspecified atom stereocenters. The van der Waals surface area contributed by atoms with E-state index in [0.29, 0.717) is 13.2 Å². The van der Waals surface area contributed by atoms with Crippen molar-refractivity contribution < 1.29 is 11.0 Å². The summed E-state index contributed by atoms with van der Waals surface area (Å²) in [7, 11) is 0. The number of ether oxygens (including phenoxy) is 1. The lowest BCUT2D eigenvalue weighted by molar-refractivity contribution is -0.123. The lowest BCUT2D eigenvalue weighted by Gasteiger charge is -2.25. The van der Waals surface area contributed by atoms with Gasteiger partial charge in [0.1, 0.15) is 0 Å². The number of rotatable bonds is 1. The molecule has 0 bridgehead atoms. The molecule has 62 valence electrons. The van der Waals surface area contributed by atoms with E-state index in [0.717, 1.165) is 0 Å². The quantitative estimate of drug-likeness (QED) is 0.595. The van der Waals surface area contributed by atoms with Crippen LogP contribution in [0, 0.1) is 0 Å². The first kappa shape index (κ1) is 9.43. The molecule has 1 amide bonds. The zero-order valence-corrected chi connectivity index (χ0v) is 6.81. The lowest BCUT2D eigenvalue weighted by atomic mass is 10.2. The number of hydrogen-bond donors (Lipinski definition) is 1. The normalized spacial score (nSPS) is 16.3. The molecule has 1 heterocycles. The van der Waals surface area contributed by atoms with Crippen LogP contribution >= 0.6 is 0 Å². The second-order valence-corrected chi connectivity index (χ2v) is 1.93. The minimum Gasteiger partial charge on any atom is -0.377 e. The molecule has 3 nitrogen and oxygen atoms in total. The molecule has 10 heavy (non-hydrogen) atoms. The second kappa shape index (κ2) is 5.23. The third-order valence-corrected chi connectivity index (χ3v) is 1.05. The van der Waals surface area contributed by atoms with Crippen LogP contribution in [0.1, 0.15) is 22.2 Å². The van der Waals surface area contributed by atoms with Gasteiger partial charge in [0.15, 0.2) is 0 Å². The summed E-state index contributed by atoms with van der Waals surface area (Å²) in [6, 6.07) is 0.285. The molecule has 1 aliphatic heterocycles. The van der Waals surface area contributed by atoms with E-state index in [-0.39, 0.29) is 13.4 Å². The first-order valence-electron chi connectivity index (χ1n) is 3.64. The van der Waals surface area contributed by atoms with Crippen molar-refractivity contribution in [2.75, 3.05) is 13.2 Å². The van der Waals surface area contributed by atoms with E-state index >= 15 is 0 Å². The van der Waals surface area contributed by atoms with E-state index in [1.165, 1.54) is 6.92 Å². The summed E-state index contributed by atoms with van der Waals surface area (Å²) in [5.74, 6) is 0.0262. The van der Waals surface area contributed by atoms with Crippen molar-refractivity contribution in [3.05, 3.63) is 0 Å². The van der Waals surface area contributed by atoms with Crippen LogP contribution in [0.15, 0.2) is 0 Å². The molecule has 1 fully saturated rings. The van der Waals surface area contributed by atoms with Gasteiger partial charge >= 0.3 is 0 Å². The van der Waals surface area contributed by atoms with E-state index in [4.69, 9.17) is 4.74 Å². The maximum atomic E-state index is 10.3. The first-order valence-corrected chi connectivity index (χ1v) is 3.64. The smallest absolute Gasteiger partial charge is 0.217 e. The van der Waals surface area contributed by atoms with Gasteiger partial charge in [-0.25, -0.2) is 0 Å². The second-order valence-electron chi connectivity index (χ2n) is 1.93. The molecule has 3 heteroatoms. The molecule has 1 N–H and O–H groups in total. The Hall–Kier alpha value is -0.570. The standard InChI is InChI=1S/C5H9NO2.C2H6.H2/c1-4(7)6-5-2-8-3-5;1-2;/h5H,2-3H2,1H3,(H,6,7);1-2H3;1H. The maximum absolute atomic E-state index is 10.3. The van der Waals surface area contributed by atoms with Crippen LogP contribution in [0.25, 0.3) is 0 Å². The van der Waals surface area contributed by atoms with Crippen molar-refractivity contribution in [2.24, 2.45) is 0 Å². The Balaban J connectivity index is 0. The molecule has 0 spiro atoms. The SMILES string of the molecule is CC.CC(=O)NC1COC1.[HH]. The van der Waals surface area contributed by atoms with Crippen LogP contribution in [-0.4, -0.2) is 25.2 Å². The van der Waals surface area contributed by atoms with E-state index in [9.17, 15) is 4.79 Å². The highest BCUT2D eigenvalue weighted by Crippen LogP contribution is 1.97. The summed E-state index contributed by atoms with van der Waals surface area (Å²) in [6.45, 7) is 6.87. The number of carbonyl (C=O) groups is 1. The highest BCUT2D eigenvalue weighted by atomic mass is 16.5. The predicted octanol–water partition coefficient (Wildman–Crippen LogP) is 0.793. The lowest BCUT2D eigenvalue weighted by Crippen LogP contribution is -2.47. The van der Waals surface area contributed by atoms with E-state index in [1.807, 2.05) is 13.8 Å². The van der Waals surface area contributed by atoms with Crippen LogP contribution in [0.2, 0.25) is 0 Å². The van der Waals surface area contributed by atoms with Gasteiger partial charge in [-0.05, 0) is 0 Å². The average Bonchev–Trinajstić information content (AvgIpc) is 1.84. The Bertz CT molecular complexity index is 105. The number of hydrogen-bond acceptors (Lipinski definition) is 2. The van der Waals surface area contributed by atoms with Crippen molar-refractivity contribution in [2.45, 2.75) is 26.8 Å². The third-order valence-electron chi connectivity index (χ3n) is 1.05. The molecule has 0 aromatic heterocycles. The molecule has 0 atom stereocenters. The zero-order chi connectivity index (χ0) is 7.98. The highest BCUT2D eigenvalue weighted by Gasteiger charge is 2.17. The minimum atomic E-state index is 0. The van der Waals surface area contributed by atoms with Crippen molar-refractivity contribution in [3.63, 3.8) is 0 Å². The molecule has 0 aromatic carbocycles. The predicted molar refractivity (Wildman–Crippen MR) is 41.9 cm³/mol. The highest BCUT2D eigenvalue weighted by molar-refractivity contribution is 5.73. The van der Waals surface area contributed by atoms with Crippen LogP contribution in [0.4, 0.5) is 0 Å². The molecule has 1 aliphatic rings.